The van der Waals surface area contributed by atoms with Gasteiger partial charge in [0.15, 0.2) is 5.03 Å². The summed E-state index contributed by atoms with van der Waals surface area (Å²) in [5.74, 6) is -0.0402. The van der Waals surface area contributed by atoms with Gasteiger partial charge in [0.05, 0.1) is 6.20 Å². The molecule has 20 heavy (non-hydrogen) atoms. The Kier molecular flexibility index (Phi) is 4.44. The summed E-state index contributed by atoms with van der Waals surface area (Å²) < 4.78 is 25.9. The lowest BCUT2D eigenvalue weighted by atomic mass is 10.1. The Morgan fingerprint density at radius 2 is 2.10 bits per heavy atom. The van der Waals surface area contributed by atoms with Crippen LogP contribution >= 0.6 is 0 Å². The first-order chi connectivity index (χ1) is 9.41. The third kappa shape index (κ3) is 3.18. The van der Waals surface area contributed by atoms with Gasteiger partial charge in [-0.05, 0) is 18.9 Å². The van der Waals surface area contributed by atoms with Crippen molar-refractivity contribution in [3.05, 3.63) is 12.3 Å². The van der Waals surface area contributed by atoms with Crippen LogP contribution in [0, 0.1) is 5.92 Å². The second kappa shape index (κ2) is 5.92. The number of H-pyrrole nitrogens is 1. The first-order valence-corrected chi connectivity index (χ1v) is 8.15. The smallest absolute Gasteiger partial charge is 0.259 e. The van der Waals surface area contributed by atoms with Crippen molar-refractivity contribution in [2.75, 3.05) is 13.1 Å². The van der Waals surface area contributed by atoms with E-state index in [2.05, 4.69) is 15.5 Å². The standard InChI is InChI=1S/C12H20N4O3S/c1-9(2)12(17)14-10-4-7-16(8-5-10)20(18,19)11-3-6-13-15-11/h3,6,9-10H,4-5,7-8H2,1-2H3,(H,13,15)(H,14,17). The predicted molar refractivity (Wildman–Crippen MR) is 73.3 cm³/mol. The monoisotopic (exact) mass is 300 g/mol. The normalized spacial score (nSPS) is 18.4. The van der Waals surface area contributed by atoms with E-state index < -0.39 is 10.0 Å². The lowest BCUT2D eigenvalue weighted by Gasteiger charge is -2.31. The van der Waals surface area contributed by atoms with Crippen LogP contribution in [0.1, 0.15) is 26.7 Å². The minimum atomic E-state index is -3.48. The van der Waals surface area contributed by atoms with E-state index >= 15 is 0 Å². The second-order valence-electron chi connectivity index (χ2n) is 5.26. The highest BCUT2D eigenvalue weighted by Crippen LogP contribution is 2.19. The molecule has 1 aliphatic heterocycles. The van der Waals surface area contributed by atoms with Gasteiger partial charge < -0.3 is 5.32 Å². The number of sulfonamides is 1. The number of amides is 1. The highest BCUT2D eigenvalue weighted by molar-refractivity contribution is 7.89. The molecule has 0 aliphatic carbocycles. The Morgan fingerprint density at radius 3 is 2.60 bits per heavy atom. The van der Waals surface area contributed by atoms with Gasteiger partial charge in [0, 0.05) is 25.0 Å². The van der Waals surface area contributed by atoms with E-state index in [0.717, 1.165) is 0 Å². The molecule has 0 spiro atoms. The second-order valence-corrected chi connectivity index (χ2v) is 7.17. The van der Waals surface area contributed by atoms with E-state index in [1.54, 1.807) is 0 Å². The minimum absolute atomic E-state index is 0.0138. The van der Waals surface area contributed by atoms with E-state index in [9.17, 15) is 13.2 Å². The topological polar surface area (TPSA) is 95.2 Å². The zero-order chi connectivity index (χ0) is 14.8. The molecular formula is C12H20N4O3S. The molecule has 0 unspecified atom stereocenters. The molecule has 1 saturated heterocycles. The molecule has 1 fully saturated rings. The fraction of sp³-hybridized carbons (Fsp3) is 0.667. The van der Waals surface area contributed by atoms with Crippen LogP contribution in [0.4, 0.5) is 0 Å². The fourth-order valence-electron chi connectivity index (χ4n) is 2.13. The molecule has 2 rings (SSSR count). The molecule has 0 saturated carbocycles. The molecule has 1 aliphatic rings. The molecule has 8 heteroatoms. The third-order valence-corrected chi connectivity index (χ3v) is 5.25. The van der Waals surface area contributed by atoms with E-state index in [1.807, 2.05) is 13.8 Å². The number of nitrogens with one attached hydrogen (secondary N) is 2. The van der Waals surface area contributed by atoms with Crippen molar-refractivity contribution in [1.82, 2.24) is 19.8 Å². The number of carbonyl (C=O) groups excluding carboxylic acids is 1. The van der Waals surface area contributed by atoms with Crippen molar-refractivity contribution in [3.8, 4) is 0 Å². The first-order valence-electron chi connectivity index (χ1n) is 6.71. The Morgan fingerprint density at radius 1 is 1.45 bits per heavy atom. The lowest BCUT2D eigenvalue weighted by molar-refractivity contribution is -0.124. The number of nitrogens with zero attached hydrogens (tertiary/aromatic N) is 2. The maximum Gasteiger partial charge on any atom is 0.259 e. The van der Waals surface area contributed by atoms with Gasteiger partial charge >= 0.3 is 0 Å². The van der Waals surface area contributed by atoms with Gasteiger partial charge in [-0.15, -0.1) is 0 Å². The Hall–Kier alpha value is -1.41. The van der Waals surface area contributed by atoms with E-state index in [0.29, 0.717) is 25.9 Å². The number of piperidine rings is 1. The molecule has 2 heterocycles. The van der Waals surface area contributed by atoms with Crippen molar-refractivity contribution in [1.29, 1.82) is 0 Å². The Labute approximate surface area is 118 Å². The van der Waals surface area contributed by atoms with Crippen LogP contribution in [0.15, 0.2) is 17.3 Å². The van der Waals surface area contributed by atoms with Crippen molar-refractivity contribution in [2.24, 2.45) is 5.92 Å². The van der Waals surface area contributed by atoms with Crippen molar-refractivity contribution in [2.45, 2.75) is 37.8 Å². The zero-order valence-corrected chi connectivity index (χ0v) is 12.5. The quantitative estimate of drug-likeness (QED) is 0.838. The van der Waals surface area contributed by atoms with Gasteiger partial charge in [0.25, 0.3) is 10.0 Å². The van der Waals surface area contributed by atoms with Crippen LogP contribution in [0.5, 0.6) is 0 Å². The summed E-state index contributed by atoms with van der Waals surface area (Å²) >= 11 is 0. The summed E-state index contributed by atoms with van der Waals surface area (Å²) in [6, 6.07) is 1.50. The lowest BCUT2D eigenvalue weighted by Crippen LogP contribution is -2.47. The van der Waals surface area contributed by atoms with Crippen LogP contribution in [-0.4, -0.2) is 48.0 Å². The zero-order valence-electron chi connectivity index (χ0n) is 11.7. The summed E-state index contributed by atoms with van der Waals surface area (Å²) in [5, 5.41) is 9.21. The first kappa shape index (κ1) is 15.0. The summed E-state index contributed by atoms with van der Waals surface area (Å²) in [4.78, 5) is 11.6. The van der Waals surface area contributed by atoms with E-state index in [4.69, 9.17) is 0 Å². The molecule has 7 nitrogen and oxygen atoms in total. The van der Waals surface area contributed by atoms with Crippen LogP contribution in [-0.2, 0) is 14.8 Å². The molecular weight excluding hydrogens is 280 g/mol. The highest BCUT2D eigenvalue weighted by atomic mass is 32.2. The van der Waals surface area contributed by atoms with Gasteiger partial charge in [-0.3, -0.25) is 9.89 Å². The summed E-state index contributed by atoms with van der Waals surface area (Å²) in [7, 11) is -3.48. The number of rotatable bonds is 4. The summed E-state index contributed by atoms with van der Waals surface area (Å²) in [6.45, 7) is 4.50. The van der Waals surface area contributed by atoms with Gasteiger partial charge in [-0.1, -0.05) is 13.8 Å². The van der Waals surface area contributed by atoms with Crippen LogP contribution in [0.2, 0.25) is 0 Å². The molecule has 2 N–H and O–H groups in total. The molecule has 112 valence electrons. The maximum atomic E-state index is 12.3. The summed E-state index contributed by atoms with van der Waals surface area (Å²) in [6.07, 6.45) is 2.68. The Bertz CT molecular complexity index is 545. The predicted octanol–water partition coefficient (Wildman–Crippen LogP) is 0.335. The third-order valence-electron chi connectivity index (χ3n) is 3.42. The van der Waals surface area contributed by atoms with Crippen LogP contribution < -0.4 is 5.32 Å². The van der Waals surface area contributed by atoms with Gasteiger partial charge in [0.1, 0.15) is 0 Å². The average molecular weight is 300 g/mol. The van der Waals surface area contributed by atoms with E-state index in [-0.39, 0.29) is 22.9 Å². The van der Waals surface area contributed by atoms with Gasteiger partial charge in [-0.2, -0.15) is 9.40 Å². The van der Waals surface area contributed by atoms with Gasteiger partial charge in [-0.25, -0.2) is 8.42 Å². The molecule has 0 atom stereocenters. The van der Waals surface area contributed by atoms with Crippen molar-refractivity contribution >= 4 is 15.9 Å². The number of carbonyl (C=O) groups is 1. The minimum Gasteiger partial charge on any atom is -0.353 e. The number of aromatic nitrogens is 2. The number of aromatic amines is 1. The maximum absolute atomic E-state index is 12.3. The molecule has 0 bridgehead atoms. The molecule has 0 aromatic carbocycles. The Balaban J connectivity index is 1.93. The van der Waals surface area contributed by atoms with E-state index in [1.165, 1.54) is 16.6 Å². The summed E-state index contributed by atoms with van der Waals surface area (Å²) in [5.41, 5.74) is 0. The number of hydrogen-bond donors (Lipinski definition) is 2. The number of hydrogen-bond acceptors (Lipinski definition) is 4. The van der Waals surface area contributed by atoms with Crippen molar-refractivity contribution < 1.29 is 13.2 Å². The van der Waals surface area contributed by atoms with Gasteiger partial charge in [0.2, 0.25) is 5.91 Å². The van der Waals surface area contributed by atoms with Crippen molar-refractivity contribution in [3.63, 3.8) is 0 Å². The fourth-order valence-corrected chi connectivity index (χ4v) is 3.50. The van der Waals surface area contributed by atoms with Crippen LogP contribution in [0.3, 0.4) is 0 Å². The molecule has 1 aromatic heterocycles. The molecule has 1 aromatic rings. The largest absolute Gasteiger partial charge is 0.353 e. The molecule has 1 amide bonds. The average Bonchev–Trinajstić information content (AvgIpc) is 2.93. The molecule has 0 radical (unpaired) electrons. The SMILES string of the molecule is CC(C)C(=O)NC1CCN(S(=O)(=O)c2ccn[nH]2)CC1. The van der Waals surface area contributed by atoms with Crippen LogP contribution in [0.25, 0.3) is 0 Å². The highest BCUT2D eigenvalue weighted by Gasteiger charge is 2.30.